The predicted octanol–water partition coefficient (Wildman–Crippen LogP) is 2.03. The summed E-state index contributed by atoms with van der Waals surface area (Å²) in [5.74, 6) is 1.02. The molecule has 1 aromatic carbocycles. The van der Waals surface area contributed by atoms with Crippen LogP contribution in [0, 0.1) is 0 Å². The molecule has 1 aromatic rings. The van der Waals surface area contributed by atoms with E-state index < -0.39 is 0 Å². The van der Waals surface area contributed by atoms with E-state index >= 15 is 0 Å². The summed E-state index contributed by atoms with van der Waals surface area (Å²) in [7, 11) is 1.66. The minimum Gasteiger partial charge on any atom is -0.484 e. The van der Waals surface area contributed by atoms with Gasteiger partial charge in [-0.25, -0.2) is 0 Å². The van der Waals surface area contributed by atoms with E-state index in [0.717, 1.165) is 0 Å². The second-order valence-electron chi connectivity index (χ2n) is 5.05. The Bertz CT molecular complexity index is 400. The highest BCUT2D eigenvalue weighted by molar-refractivity contribution is 5.77. The zero-order valence-electron chi connectivity index (χ0n) is 12.1. The Kier molecular flexibility index (Phi) is 5.83. The zero-order chi connectivity index (χ0) is 14.4. The van der Waals surface area contributed by atoms with Crippen LogP contribution >= 0.6 is 0 Å². The third-order valence-electron chi connectivity index (χ3n) is 3.23. The molecule has 1 amide bonds. The molecule has 1 unspecified atom stereocenters. The average molecular weight is 265 g/mol. The number of hydrogen-bond acceptors (Lipinski definition) is 3. The van der Waals surface area contributed by atoms with Crippen molar-refractivity contribution in [2.45, 2.75) is 32.7 Å². The largest absolute Gasteiger partial charge is 0.484 e. The molecule has 0 saturated heterocycles. The molecule has 0 radical (unpaired) electrons. The zero-order valence-corrected chi connectivity index (χ0v) is 12.1. The van der Waals surface area contributed by atoms with Gasteiger partial charge in [0.1, 0.15) is 5.75 Å². The van der Waals surface area contributed by atoms with Gasteiger partial charge in [-0.05, 0) is 30.5 Å². The number of carbonyl (C=O) groups excluding carboxylic acids is 1. The fourth-order valence-corrected chi connectivity index (χ4v) is 1.56. The number of benzene rings is 1. The molecule has 106 valence electrons. The summed E-state index contributed by atoms with van der Waals surface area (Å²) in [6.07, 6.45) is 0. The lowest BCUT2D eigenvalue weighted by atomic mass is 10.0. The highest BCUT2D eigenvalue weighted by Gasteiger charge is 2.15. The summed E-state index contributed by atoms with van der Waals surface area (Å²) in [5.41, 5.74) is 1.24. The topological polar surface area (TPSA) is 49.8 Å². The van der Waals surface area contributed by atoms with Crippen molar-refractivity contribution in [3.8, 4) is 5.75 Å². The Balaban J connectivity index is 2.50. The Hall–Kier alpha value is -1.55. The van der Waals surface area contributed by atoms with E-state index in [1.165, 1.54) is 10.5 Å². The van der Waals surface area contributed by atoms with Crippen LogP contribution in [0.3, 0.4) is 0 Å². The van der Waals surface area contributed by atoms with Crippen LogP contribution in [-0.2, 0) is 4.79 Å². The van der Waals surface area contributed by atoms with Gasteiger partial charge in [0.05, 0.1) is 12.6 Å². The van der Waals surface area contributed by atoms with Crippen molar-refractivity contribution in [3.05, 3.63) is 29.8 Å². The molecular weight excluding hydrogens is 242 g/mol. The number of amides is 1. The molecule has 0 heterocycles. The minimum absolute atomic E-state index is 0.0120. The first kappa shape index (κ1) is 15.5. The molecule has 1 N–H and O–H groups in total. The highest BCUT2D eigenvalue weighted by atomic mass is 16.5. The van der Waals surface area contributed by atoms with E-state index in [0.29, 0.717) is 11.7 Å². The van der Waals surface area contributed by atoms with Crippen molar-refractivity contribution >= 4 is 5.91 Å². The molecule has 0 aliphatic heterocycles. The number of ether oxygens (including phenoxy) is 1. The second kappa shape index (κ2) is 7.14. The number of hydrogen-bond donors (Lipinski definition) is 1. The molecule has 0 fully saturated rings. The number of carbonyl (C=O) groups is 1. The molecule has 19 heavy (non-hydrogen) atoms. The van der Waals surface area contributed by atoms with Crippen LogP contribution in [0.1, 0.15) is 32.3 Å². The van der Waals surface area contributed by atoms with Crippen molar-refractivity contribution in [2.24, 2.45) is 0 Å². The number of aliphatic hydroxyl groups excluding tert-OH is 1. The predicted molar refractivity (Wildman–Crippen MR) is 75.3 cm³/mol. The van der Waals surface area contributed by atoms with E-state index in [1.54, 1.807) is 14.0 Å². The molecule has 0 aromatic heterocycles. The summed E-state index contributed by atoms with van der Waals surface area (Å²) < 4.78 is 5.45. The van der Waals surface area contributed by atoms with Crippen molar-refractivity contribution in [3.63, 3.8) is 0 Å². The molecule has 1 rings (SSSR count). The highest BCUT2D eigenvalue weighted by Crippen LogP contribution is 2.18. The summed E-state index contributed by atoms with van der Waals surface area (Å²) >= 11 is 0. The van der Waals surface area contributed by atoms with E-state index in [1.807, 2.05) is 24.3 Å². The van der Waals surface area contributed by atoms with Gasteiger partial charge in [-0.15, -0.1) is 0 Å². The van der Waals surface area contributed by atoms with Gasteiger partial charge in [-0.3, -0.25) is 4.79 Å². The fourth-order valence-electron chi connectivity index (χ4n) is 1.56. The molecule has 4 heteroatoms. The van der Waals surface area contributed by atoms with E-state index in [2.05, 4.69) is 13.8 Å². The summed E-state index contributed by atoms with van der Waals surface area (Å²) in [4.78, 5) is 13.3. The van der Waals surface area contributed by atoms with Gasteiger partial charge in [-0.1, -0.05) is 26.0 Å². The third-order valence-corrected chi connectivity index (χ3v) is 3.23. The summed E-state index contributed by atoms with van der Waals surface area (Å²) in [6, 6.07) is 7.56. The van der Waals surface area contributed by atoms with E-state index in [9.17, 15) is 4.79 Å². The molecule has 1 atom stereocenters. The smallest absolute Gasteiger partial charge is 0.260 e. The third kappa shape index (κ3) is 4.56. The molecule has 0 aliphatic rings. The lowest BCUT2D eigenvalue weighted by Gasteiger charge is -2.23. The Morgan fingerprint density at radius 3 is 2.32 bits per heavy atom. The summed E-state index contributed by atoms with van der Waals surface area (Å²) in [5, 5.41) is 8.99. The number of likely N-dealkylation sites (N-methyl/N-ethyl adjacent to an activating group) is 1. The van der Waals surface area contributed by atoms with Gasteiger partial charge in [0.15, 0.2) is 6.61 Å². The number of aliphatic hydroxyl groups is 1. The number of nitrogens with zero attached hydrogens (tertiary/aromatic N) is 1. The monoisotopic (exact) mass is 265 g/mol. The Labute approximate surface area is 115 Å². The van der Waals surface area contributed by atoms with Gasteiger partial charge < -0.3 is 14.7 Å². The lowest BCUT2D eigenvalue weighted by Crippen LogP contribution is -2.40. The first-order valence-electron chi connectivity index (χ1n) is 6.55. The quantitative estimate of drug-likeness (QED) is 0.856. The maximum atomic E-state index is 11.8. The van der Waals surface area contributed by atoms with Gasteiger partial charge in [0, 0.05) is 7.05 Å². The van der Waals surface area contributed by atoms with Crippen LogP contribution in [0.4, 0.5) is 0 Å². The van der Waals surface area contributed by atoms with Crippen molar-refractivity contribution in [1.82, 2.24) is 4.90 Å². The van der Waals surface area contributed by atoms with Crippen molar-refractivity contribution in [2.75, 3.05) is 20.3 Å². The minimum atomic E-state index is -0.195. The normalized spacial score (nSPS) is 12.3. The fraction of sp³-hybridized carbons (Fsp3) is 0.533. The van der Waals surface area contributed by atoms with Gasteiger partial charge in [0.25, 0.3) is 5.91 Å². The van der Waals surface area contributed by atoms with Crippen LogP contribution in [0.5, 0.6) is 5.75 Å². The van der Waals surface area contributed by atoms with Gasteiger partial charge >= 0.3 is 0 Å². The molecule has 0 saturated carbocycles. The van der Waals surface area contributed by atoms with Gasteiger partial charge in [-0.2, -0.15) is 0 Å². The van der Waals surface area contributed by atoms with Crippen molar-refractivity contribution < 1.29 is 14.6 Å². The summed E-state index contributed by atoms with van der Waals surface area (Å²) in [6.45, 7) is 5.98. The first-order valence-corrected chi connectivity index (χ1v) is 6.55. The molecule has 0 aliphatic carbocycles. The van der Waals surface area contributed by atoms with Crippen LogP contribution in [0.2, 0.25) is 0 Å². The van der Waals surface area contributed by atoms with Crippen LogP contribution in [0.15, 0.2) is 24.3 Å². The van der Waals surface area contributed by atoms with E-state index in [-0.39, 0.29) is 25.2 Å². The van der Waals surface area contributed by atoms with Crippen LogP contribution in [-0.4, -0.2) is 42.2 Å². The Morgan fingerprint density at radius 1 is 1.26 bits per heavy atom. The first-order chi connectivity index (χ1) is 8.95. The Morgan fingerprint density at radius 2 is 1.84 bits per heavy atom. The van der Waals surface area contributed by atoms with Crippen LogP contribution in [0.25, 0.3) is 0 Å². The van der Waals surface area contributed by atoms with Crippen LogP contribution < -0.4 is 4.74 Å². The lowest BCUT2D eigenvalue weighted by molar-refractivity contribution is -0.134. The molecular formula is C15H23NO3. The molecule has 0 bridgehead atoms. The van der Waals surface area contributed by atoms with Gasteiger partial charge in [0.2, 0.25) is 0 Å². The standard InChI is InChI=1S/C15H23NO3/c1-11(2)13-5-7-14(8-6-13)19-10-15(18)16(4)12(3)9-17/h5-8,11-12,17H,9-10H2,1-4H3. The molecule has 4 nitrogen and oxygen atoms in total. The van der Waals surface area contributed by atoms with E-state index in [4.69, 9.17) is 9.84 Å². The number of rotatable bonds is 6. The maximum Gasteiger partial charge on any atom is 0.260 e. The maximum absolute atomic E-state index is 11.8. The average Bonchev–Trinajstić information content (AvgIpc) is 2.43. The second-order valence-corrected chi connectivity index (χ2v) is 5.05. The SMILES string of the molecule is CC(C)c1ccc(OCC(=O)N(C)C(C)CO)cc1. The van der Waals surface area contributed by atoms with Crippen molar-refractivity contribution in [1.29, 1.82) is 0 Å². The molecule has 0 spiro atoms.